The van der Waals surface area contributed by atoms with Gasteiger partial charge in [-0.2, -0.15) is 0 Å². The van der Waals surface area contributed by atoms with Crippen molar-refractivity contribution in [2.45, 2.75) is 11.4 Å². The molecule has 0 saturated carbocycles. The second-order valence-corrected chi connectivity index (χ2v) is 8.58. The van der Waals surface area contributed by atoms with E-state index in [1.165, 1.54) is 11.8 Å². The van der Waals surface area contributed by atoms with E-state index in [0.29, 0.717) is 15.8 Å². The molecule has 1 saturated heterocycles. The van der Waals surface area contributed by atoms with Gasteiger partial charge in [-0.25, -0.2) is 4.98 Å². The molecule has 0 aliphatic carbocycles. The highest BCUT2D eigenvalue weighted by Crippen LogP contribution is 2.30. The van der Waals surface area contributed by atoms with Crippen LogP contribution in [0.15, 0.2) is 53.7 Å². The molecule has 2 aromatic heterocycles. The van der Waals surface area contributed by atoms with Gasteiger partial charge in [-0.1, -0.05) is 29.3 Å². The average Bonchev–Trinajstić information content (AvgIpc) is 3.11. The smallest absolute Gasteiger partial charge is 0.233 e. The molecule has 0 unspecified atom stereocenters. The second-order valence-electron chi connectivity index (χ2n) is 6.72. The van der Waals surface area contributed by atoms with Crippen molar-refractivity contribution in [3.63, 3.8) is 0 Å². The van der Waals surface area contributed by atoms with E-state index < -0.39 is 0 Å². The Labute approximate surface area is 178 Å². The molecule has 5 nitrogen and oxygen atoms in total. The van der Waals surface area contributed by atoms with E-state index in [9.17, 15) is 4.79 Å². The molecule has 1 amide bonds. The van der Waals surface area contributed by atoms with Crippen molar-refractivity contribution in [3.8, 4) is 0 Å². The molecule has 1 aromatic carbocycles. The van der Waals surface area contributed by atoms with Crippen LogP contribution in [0.1, 0.15) is 5.69 Å². The lowest BCUT2D eigenvalue weighted by molar-refractivity contribution is -0.130. The van der Waals surface area contributed by atoms with Gasteiger partial charge in [0.2, 0.25) is 5.91 Å². The lowest BCUT2D eigenvalue weighted by Gasteiger charge is -2.34. The number of aromatic nitrogens is 2. The summed E-state index contributed by atoms with van der Waals surface area (Å²) in [7, 11) is 0. The molecular formula is C20H20Cl2N4OS. The summed E-state index contributed by atoms with van der Waals surface area (Å²) in [5.41, 5.74) is 2.01. The molecule has 3 heterocycles. The summed E-state index contributed by atoms with van der Waals surface area (Å²) in [5, 5.41) is 1.25. The number of hydrogen-bond donors (Lipinski definition) is 0. The maximum atomic E-state index is 12.5. The molecule has 1 aliphatic rings. The van der Waals surface area contributed by atoms with Crippen LogP contribution in [0.4, 0.5) is 0 Å². The fourth-order valence-corrected chi connectivity index (χ4v) is 4.66. The Morgan fingerprint density at radius 3 is 2.71 bits per heavy atom. The third kappa shape index (κ3) is 4.63. The number of benzene rings is 1. The molecule has 4 rings (SSSR count). The monoisotopic (exact) mass is 434 g/mol. The molecule has 3 aromatic rings. The summed E-state index contributed by atoms with van der Waals surface area (Å²) >= 11 is 13.6. The number of pyridine rings is 1. The van der Waals surface area contributed by atoms with Gasteiger partial charge in [-0.15, -0.1) is 11.8 Å². The largest absolute Gasteiger partial charge is 0.339 e. The van der Waals surface area contributed by atoms with Gasteiger partial charge in [0, 0.05) is 55.0 Å². The number of hydrogen-bond acceptors (Lipinski definition) is 4. The van der Waals surface area contributed by atoms with Crippen LogP contribution in [0.2, 0.25) is 10.0 Å². The maximum absolute atomic E-state index is 12.5. The van der Waals surface area contributed by atoms with Gasteiger partial charge in [0.15, 0.2) is 0 Å². The van der Waals surface area contributed by atoms with Crippen molar-refractivity contribution in [1.82, 2.24) is 19.2 Å². The fourth-order valence-electron chi connectivity index (χ4n) is 3.27. The number of piperazine rings is 1. The lowest BCUT2D eigenvalue weighted by Crippen LogP contribution is -2.48. The number of rotatable bonds is 5. The molecule has 8 heteroatoms. The van der Waals surface area contributed by atoms with Crippen molar-refractivity contribution in [2.24, 2.45) is 0 Å². The molecular weight excluding hydrogens is 415 g/mol. The van der Waals surface area contributed by atoms with E-state index in [1.807, 2.05) is 33.7 Å². The van der Waals surface area contributed by atoms with Gasteiger partial charge in [-0.05, 0) is 30.3 Å². The summed E-state index contributed by atoms with van der Waals surface area (Å²) in [5.74, 6) is 0.500. The normalized spacial score (nSPS) is 15.3. The second kappa shape index (κ2) is 8.74. The van der Waals surface area contributed by atoms with E-state index in [4.69, 9.17) is 23.2 Å². The van der Waals surface area contributed by atoms with Gasteiger partial charge in [-0.3, -0.25) is 9.69 Å². The van der Waals surface area contributed by atoms with E-state index >= 15 is 0 Å². The number of thioether (sulfide) groups is 1. The Balaban J connectivity index is 1.27. The predicted molar refractivity (Wildman–Crippen MR) is 114 cm³/mol. The highest BCUT2D eigenvalue weighted by atomic mass is 35.5. The first-order valence-corrected chi connectivity index (χ1v) is 10.8. The van der Waals surface area contributed by atoms with Crippen molar-refractivity contribution in [2.75, 3.05) is 31.9 Å². The Kier molecular flexibility index (Phi) is 6.11. The quantitative estimate of drug-likeness (QED) is 0.567. The first-order chi connectivity index (χ1) is 13.6. The SMILES string of the molecule is O=C(CSc1cc(Cl)ccc1Cl)N1CCN(Cc2cn3ccccc3n2)CC1. The topological polar surface area (TPSA) is 40.9 Å². The number of halogens is 2. The van der Waals surface area contributed by atoms with E-state index in [2.05, 4.69) is 16.1 Å². The van der Waals surface area contributed by atoms with Gasteiger partial charge in [0.1, 0.15) is 5.65 Å². The molecule has 0 bridgehead atoms. The third-order valence-electron chi connectivity index (χ3n) is 4.77. The fraction of sp³-hybridized carbons (Fsp3) is 0.300. The number of amides is 1. The summed E-state index contributed by atoms with van der Waals surface area (Å²) < 4.78 is 2.04. The molecule has 1 aliphatic heterocycles. The van der Waals surface area contributed by atoms with Gasteiger partial charge in [0.05, 0.1) is 16.5 Å². The molecule has 1 fully saturated rings. The third-order valence-corrected chi connectivity index (χ3v) is 6.49. The van der Waals surface area contributed by atoms with Crippen molar-refractivity contribution in [3.05, 3.63) is 64.5 Å². The molecule has 0 N–H and O–H groups in total. The van der Waals surface area contributed by atoms with Crippen LogP contribution < -0.4 is 0 Å². The minimum absolute atomic E-state index is 0.133. The number of carbonyl (C=O) groups is 1. The highest BCUT2D eigenvalue weighted by Gasteiger charge is 2.22. The highest BCUT2D eigenvalue weighted by molar-refractivity contribution is 8.00. The number of carbonyl (C=O) groups excluding carboxylic acids is 1. The number of nitrogens with zero attached hydrogens (tertiary/aromatic N) is 4. The summed E-state index contributed by atoms with van der Waals surface area (Å²) in [6, 6.07) is 11.3. The van der Waals surface area contributed by atoms with E-state index in [1.54, 1.807) is 18.2 Å². The summed E-state index contributed by atoms with van der Waals surface area (Å²) in [6.45, 7) is 3.97. The van der Waals surface area contributed by atoms with Gasteiger partial charge < -0.3 is 9.30 Å². The molecule has 0 atom stereocenters. The van der Waals surface area contributed by atoms with Crippen LogP contribution in [0.5, 0.6) is 0 Å². The first kappa shape index (κ1) is 19.6. The van der Waals surface area contributed by atoms with Crippen LogP contribution >= 0.6 is 35.0 Å². The van der Waals surface area contributed by atoms with Crippen LogP contribution in [0, 0.1) is 0 Å². The van der Waals surface area contributed by atoms with Crippen LogP contribution in [-0.2, 0) is 11.3 Å². The van der Waals surface area contributed by atoms with Crippen molar-refractivity contribution in [1.29, 1.82) is 0 Å². The van der Waals surface area contributed by atoms with Crippen LogP contribution in [-0.4, -0.2) is 57.0 Å². The Bertz CT molecular complexity index is 952. The zero-order valence-electron chi connectivity index (χ0n) is 15.2. The Morgan fingerprint density at radius 1 is 1.11 bits per heavy atom. The molecule has 28 heavy (non-hydrogen) atoms. The van der Waals surface area contributed by atoms with E-state index in [-0.39, 0.29) is 5.91 Å². The molecule has 0 radical (unpaired) electrons. The standard InChI is InChI=1S/C20H20Cl2N4OS/c21-15-4-5-17(22)18(11-15)28-14-20(27)25-9-7-24(8-10-25)12-16-13-26-6-2-1-3-19(26)23-16/h1-6,11,13H,7-10,12,14H2. The van der Waals surface area contributed by atoms with Crippen LogP contribution in [0.3, 0.4) is 0 Å². The molecule has 146 valence electrons. The zero-order chi connectivity index (χ0) is 19.5. The number of imidazole rings is 1. The average molecular weight is 435 g/mol. The van der Waals surface area contributed by atoms with Crippen LogP contribution in [0.25, 0.3) is 5.65 Å². The Morgan fingerprint density at radius 2 is 1.93 bits per heavy atom. The summed E-state index contributed by atoms with van der Waals surface area (Å²) in [6.07, 6.45) is 4.07. The zero-order valence-corrected chi connectivity index (χ0v) is 17.6. The first-order valence-electron chi connectivity index (χ1n) is 9.09. The molecule has 0 spiro atoms. The Hall–Kier alpha value is -1.73. The van der Waals surface area contributed by atoms with Gasteiger partial charge >= 0.3 is 0 Å². The minimum Gasteiger partial charge on any atom is -0.339 e. The minimum atomic E-state index is 0.133. The maximum Gasteiger partial charge on any atom is 0.233 e. The predicted octanol–water partition coefficient (Wildman–Crippen LogP) is 4.08. The summed E-state index contributed by atoms with van der Waals surface area (Å²) in [4.78, 5) is 22.3. The van der Waals surface area contributed by atoms with Gasteiger partial charge in [0.25, 0.3) is 0 Å². The van der Waals surface area contributed by atoms with E-state index in [0.717, 1.165) is 49.0 Å². The van der Waals surface area contributed by atoms with Crippen molar-refractivity contribution >= 4 is 46.5 Å². The number of fused-ring (bicyclic) bond motifs is 1. The lowest BCUT2D eigenvalue weighted by atomic mass is 10.3. The van der Waals surface area contributed by atoms with Crippen molar-refractivity contribution < 1.29 is 4.79 Å².